The molecule has 2 heterocycles. The summed E-state index contributed by atoms with van der Waals surface area (Å²) in [7, 11) is 0. The second-order valence-electron chi connectivity index (χ2n) is 6.36. The molecule has 130 valence electrons. The maximum Gasteiger partial charge on any atom is 0.317 e. The number of likely N-dealkylation sites (tertiary alicyclic amines) is 1. The standard InChI is InChI=1S/C17H23N3O4/c21-17(19-10-2-6-15(19)16-7-3-11-24-16)18-9-8-13-4-1-5-14(12-13)20(22)23/h1,4-5,12,15-16H,2-3,6-11H2,(H,18,21)/t15-,16-/m0/s1. The van der Waals surface area contributed by atoms with Crippen LogP contribution in [0, 0.1) is 10.1 Å². The molecule has 1 N–H and O–H groups in total. The summed E-state index contributed by atoms with van der Waals surface area (Å²) < 4.78 is 5.74. The highest BCUT2D eigenvalue weighted by Crippen LogP contribution is 2.27. The molecule has 7 nitrogen and oxygen atoms in total. The minimum Gasteiger partial charge on any atom is -0.376 e. The van der Waals surface area contributed by atoms with Crippen molar-refractivity contribution in [1.29, 1.82) is 0 Å². The fourth-order valence-corrected chi connectivity index (χ4v) is 3.58. The molecule has 7 heteroatoms. The average molecular weight is 333 g/mol. The smallest absolute Gasteiger partial charge is 0.317 e. The lowest BCUT2D eigenvalue weighted by Crippen LogP contribution is -2.47. The van der Waals surface area contributed by atoms with Crippen LogP contribution in [-0.4, -0.2) is 47.7 Å². The summed E-state index contributed by atoms with van der Waals surface area (Å²) in [5, 5.41) is 13.7. The van der Waals surface area contributed by atoms with Crippen molar-refractivity contribution >= 4 is 11.7 Å². The van der Waals surface area contributed by atoms with E-state index in [1.807, 2.05) is 11.0 Å². The van der Waals surface area contributed by atoms with E-state index >= 15 is 0 Å². The van der Waals surface area contributed by atoms with E-state index in [1.54, 1.807) is 12.1 Å². The zero-order chi connectivity index (χ0) is 16.9. The van der Waals surface area contributed by atoms with Gasteiger partial charge in [-0.2, -0.15) is 0 Å². The van der Waals surface area contributed by atoms with E-state index in [4.69, 9.17) is 4.74 Å². The highest BCUT2D eigenvalue weighted by molar-refractivity contribution is 5.75. The van der Waals surface area contributed by atoms with Crippen molar-refractivity contribution in [3.05, 3.63) is 39.9 Å². The van der Waals surface area contributed by atoms with Crippen LogP contribution in [0.1, 0.15) is 31.2 Å². The molecule has 0 saturated carbocycles. The third kappa shape index (κ3) is 3.84. The van der Waals surface area contributed by atoms with Gasteiger partial charge in [-0.3, -0.25) is 10.1 Å². The largest absolute Gasteiger partial charge is 0.376 e. The van der Waals surface area contributed by atoms with Gasteiger partial charge in [0, 0.05) is 31.8 Å². The van der Waals surface area contributed by atoms with Crippen molar-refractivity contribution < 1.29 is 14.5 Å². The fourth-order valence-electron chi connectivity index (χ4n) is 3.58. The minimum atomic E-state index is -0.404. The molecule has 2 atom stereocenters. The van der Waals surface area contributed by atoms with Crippen molar-refractivity contribution in [3.8, 4) is 0 Å². The van der Waals surface area contributed by atoms with Crippen LogP contribution in [0.2, 0.25) is 0 Å². The van der Waals surface area contributed by atoms with Crippen LogP contribution in [0.3, 0.4) is 0 Å². The number of nitro groups is 1. The Balaban J connectivity index is 1.50. The Morgan fingerprint density at radius 3 is 3.00 bits per heavy atom. The van der Waals surface area contributed by atoms with E-state index in [9.17, 15) is 14.9 Å². The molecule has 0 bridgehead atoms. The number of urea groups is 1. The minimum absolute atomic E-state index is 0.0570. The van der Waals surface area contributed by atoms with E-state index in [-0.39, 0.29) is 23.9 Å². The highest BCUT2D eigenvalue weighted by Gasteiger charge is 2.36. The Labute approximate surface area is 141 Å². The predicted molar refractivity (Wildman–Crippen MR) is 88.9 cm³/mol. The number of carbonyl (C=O) groups excluding carboxylic acids is 1. The van der Waals surface area contributed by atoms with E-state index in [1.165, 1.54) is 6.07 Å². The predicted octanol–water partition coefficient (Wildman–Crippen LogP) is 2.49. The number of nitro benzene ring substituents is 1. The van der Waals surface area contributed by atoms with Crippen molar-refractivity contribution in [2.24, 2.45) is 0 Å². The monoisotopic (exact) mass is 333 g/mol. The third-order valence-corrected chi connectivity index (χ3v) is 4.77. The van der Waals surface area contributed by atoms with Crippen LogP contribution < -0.4 is 5.32 Å². The lowest BCUT2D eigenvalue weighted by Gasteiger charge is -2.29. The van der Waals surface area contributed by atoms with Gasteiger partial charge in [-0.15, -0.1) is 0 Å². The molecule has 0 aromatic heterocycles. The first-order valence-corrected chi connectivity index (χ1v) is 8.54. The number of hydrogen-bond acceptors (Lipinski definition) is 4. The Kier molecular flexibility index (Phi) is 5.30. The first-order valence-electron chi connectivity index (χ1n) is 8.54. The number of nitrogens with one attached hydrogen (secondary N) is 1. The number of amides is 2. The van der Waals surface area contributed by atoms with Crippen LogP contribution >= 0.6 is 0 Å². The molecule has 0 aliphatic carbocycles. The molecular weight excluding hydrogens is 310 g/mol. The molecule has 2 aliphatic rings. The van der Waals surface area contributed by atoms with Crippen LogP contribution in [-0.2, 0) is 11.2 Å². The van der Waals surface area contributed by atoms with Gasteiger partial charge in [-0.05, 0) is 37.7 Å². The van der Waals surface area contributed by atoms with Crippen molar-refractivity contribution in [3.63, 3.8) is 0 Å². The van der Waals surface area contributed by atoms with Crippen molar-refractivity contribution in [2.45, 2.75) is 44.2 Å². The molecule has 0 radical (unpaired) electrons. The molecule has 1 aromatic rings. The first kappa shape index (κ1) is 16.7. The highest BCUT2D eigenvalue weighted by atomic mass is 16.6. The number of ether oxygens (including phenoxy) is 1. The van der Waals surface area contributed by atoms with Gasteiger partial charge >= 0.3 is 6.03 Å². The Hall–Kier alpha value is -2.15. The summed E-state index contributed by atoms with van der Waals surface area (Å²) in [6, 6.07) is 6.66. The van der Waals surface area contributed by atoms with Crippen LogP contribution in [0.25, 0.3) is 0 Å². The number of rotatable bonds is 5. The normalized spacial score (nSPS) is 23.4. The van der Waals surface area contributed by atoms with E-state index in [2.05, 4.69) is 5.32 Å². The van der Waals surface area contributed by atoms with Crippen molar-refractivity contribution in [2.75, 3.05) is 19.7 Å². The SMILES string of the molecule is O=C(NCCc1cccc([N+](=O)[O-])c1)N1CCC[C@H]1[C@@H]1CCCO1. The second kappa shape index (κ2) is 7.61. The summed E-state index contributed by atoms with van der Waals surface area (Å²) in [6.45, 7) is 2.03. The maximum atomic E-state index is 12.4. The molecule has 2 saturated heterocycles. The van der Waals surface area contributed by atoms with Gasteiger partial charge < -0.3 is 15.0 Å². The average Bonchev–Trinajstić information content (AvgIpc) is 3.26. The van der Waals surface area contributed by atoms with Gasteiger partial charge in [0.1, 0.15) is 0 Å². The lowest BCUT2D eigenvalue weighted by atomic mass is 10.1. The molecular formula is C17H23N3O4. The van der Waals surface area contributed by atoms with Gasteiger partial charge in [0.15, 0.2) is 0 Å². The topological polar surface area (TPSA) is 84.7 Å². The molecule has 24 heavy (non-hydrogen) atoms. The fraction of sp³-hybridized carbons (Fsp3) is 0.588. The Morgan fingerprint density at radius 2 is 2.25 bits per heavy atom. The molecule has 3 rings (SSSR count). The van der Waals surface area contributed by atoms with Gasteiger partial charge in [0.2, 0.25) is 0 Å². The summed E-state index contributed by atoms with van der Waals surface area (Å²) in [5.74, 6) is 0. The summed E-state index contributed by atoms with van der Waals surface area (Å²) in [5.41, 5.74) is 0.929. The zero-order valence-corrected chi connectivity index (χ0v) is 13.6. The molecule has 2 amide bonds. The molecule has 2 aliphatic heterocycles. The molecule has 0 unspecified atom stereocenters. The molecule has 2 fully saturated rings. The van der Waals surface area contributed by atoms with Crippen LogP contribution in [0.5, 0.6) is 0 Å². The molecule has 0 spiro atoms. The van der Waals surface area contributed by atoms with Crippen molar-refractivity contribution in [1.82, 2.24) is 10.2 Å². The Morgan fingerprint density at radius 1 is 1.38 bits per heavy atom. The number of non-ortho nitro benzene ring substituents is 1. The number of carbonyl (C=O) groups is 1. The number of nitrogens with zero attached hydrogens (tertiary/aromatic N) is 2. The second-order valence-corrected chi connectivity index (χ2v) is 6.36. The van der Waals surface area contributed by atoms with E-state index < -0.39 is 4.92 Å². The van der Waals surface area contributed by atoms with Gasteiger partial charge in [0.25, 0.3) is 5.69 Å². The van der Waals surface area contributed by atoms with Gasteiger partial charge in [-0.25, -0.2) is 4.79 Å². The van der Waals surface area contributed by atoms with Gasteiger partial charge in [-0.1, -0.05) is 12.1 Å². The number of benzene rings is 1. The number of hydrogen-bond donors (Lipinski definition) is 1. The first-order chi connectivity index (χ1) is 11.6. The zero-order valence-electron chi connectivity index (χ0n) is 13.6. The molecule has 1 aromatic carbocycles. The van der Waals surface area contributed by atoms with Gasteiger partial charge in [0.05, 0.1) is 17.1 Å². The Bertz CT molecular complexity index is 601. The quantitative estimate of drug-likeness (QED) is 0.663. The lowest BCUT2D eigenvalue weighted by molar-refractivity contribution is -0.384. The maximum absolute atomic E-state index is 12.4. The summed E-state index contributed by atoms with van der Waals surface area (Å²) in [6.07, 6.45) is 4.87. The van der Waals surface area contributed by atoms with Crippen LogP contribution in [0.4, 0.5) is 10.5 Å². The van der Waals surface area contributed by atoms with Crippen LogP contribution in [0.15, 0.2) is 24.3 Å². The van der Waals surface area contributed by atoms with E-state index in [0.29, 0.717) is 13.0 Å². The summed E-state index contributed by atoms with van der Waals surface area (Å²) >= 11 is 0. The van der Waals surface area contributed by atoms with E-state index in [0.717, 1.165) is 44.4 Å². The summed E-state index contributed by atoms with van der Waals surface area (Å²) in [4.78, 5) is 24.7. The third-order valence-electron chi connectivity index (χ3n) is 4.77.